The van der Waals surface area contributed by atoms with E-state index < -0.39 is 30.4 Å². The summed E-state index contributed by atoms with van der Waals surface area (Å²) in [5.41, 5.74) is 1.53. The van der Waals surface area contributed by atoms with Crippen molar-refractivity contribution in [1.29, 1.82) is 0 Å². The first kappa shape index (κ1) is 22.5. The average molecular weight is 459 g/mol. The van der Waals surface area contributed by atoms with E-state index in [2.05, 4.69) is 0 Å². The Morgan fingerprint density at radius 2 is 1.61 bits per heavy atom. The molecule has 10 heteroatoms. The highest BCUT2D eigenvalue weighted by atomic mass is 19.4. The van der Waals surface area contributed by atoms with E-state index in [0.717, 1.165) is 17.7 Å². The van der Waals surface area contributed by atoms with E-state index in [1.165, 1.54) is 37.4 Å². The number of alkyl halides is 3. The summed E-state index contributed by atoms with van der Waals surface area (Å²) >= 11 is 0. The van der Waals surface area contributed by atoms with E-state index in [-0.39, 0.29) is 35.2 Å². The Balaban J connectivity index is 1.48. The van der Waals surface area contributed by atoms with Gasteiger partial charge >= 0.3 is 6.18 Å². The van der Waals surface area contributed by atoms with E-state index in [0.29, 0.717) is 11.1 Å². The van der Waals surface area contributed by atoms with Crippen LogP contribution in [0.1, 0.15) is 59.8 Å². The number of benzene rings is 2. The van der Waals surface area contributed by atoms with Crippen LogP contribution in [-0.4, -0.2) is 59.2 Å². The average Bonchev–Trinajstić information content (AvgIpc) is 3.61. The zero-order valence-corrected chi connectivity index (χ0v) is 17.6. The second-order valence-corrected chi connectivity index (χ2v) is 8.09. The minimum absolute atomic E-state index is 0.0283. The van der Waals surface area contributed by atoms with Crippen LogP contribution < -0.4 is 5.32 Å². The van der Waals surface area contributed by atoms with Crippen molar-refractivity contribution >= 4 is 23.6 Å². The topological polar surface area (TPSA) is 86.8 Å². The molecule has 7 nitrogen and oxygen atoms in total. The summed E-state index contributed by atoms with van der Waals surface area (Å²) in [5, 5.41) is 1.81. The lowest BCUT2D eigenvalue weighted by molar-refractivity contribution is -0.123. The molecule has 2 aromatic carbocycles. The molecule has 4 amide bonds. The Hall–Kier alpha value is -3.69. The predicted molar refractivity (Wildman–Crippen MR) is 111 cm³/mol. The summed E-state index contributed by atoms with van der Waals surface area (Å²) in [6, 6.07) is 10.5. The summed E-state index contributed by atoms with van der Waals surface area (Å²) in [6.45, 7) is -1.18. The fraction of sp³-hybridized carbons (Fsp3) is 0.304. The highest BCUT2D eigenvalue weighted by Crippen LogP contribution is 2.31. The minimum Gasteiger partial charge on any atom is -0.343 e. The summed E-state index contributed by atoms with van der Waals surface area (Å²) in [4.78, 5) is 52.1. The molecule has 33 heavy (non-hydrogen) atoms. The number of carbonyl (C=O) groups is 4. The maximum atomic E-state index is 13.2. The van der Waals surface area contributed by atoms with Crippen LogP contribution in [0.2, 0.25) is 0 Å². The first-order valence-corrected chi connectivity index (χ1v) is 10.3. The second-order valence-electron chi connectivity index (χ2n) is 8.09. The molecule has 0 aromatic heterocycles. The van der Waals surface area contributed by atoms with Crippen molar-refractivity contribution in [3.63, 3.8) is 0 Å². The fourth-order valence-electron chi connectivity index (χ4n) is 3.65. The molecule has 0 bridgehead atoms. The molecule has 0 saturated heterocycles. The first-order valence-electron chi connectivity index (χ1n) is 10.3. The van der Waals surface area contributed by atoms with Crippen LogP contribution in [0.4, 0.5) is 13.2 Å². The number of hydrogen-bond acceptors (Lipinski definition) is 4. The SMILES string of the molecule is CN1C(=O)c2ccc(C(=O)N(Cc3ccc(C(=O)NCC(F)(F)F)cc3)C3CC3)cc2C1=O. The van der Waals surface area contributed by atoms with E-state index in [4.69, 9.17) is 0 Å². The highest BCUT2D eigenvalue weighted by Gasteiger charge is 2.36. The quantitative estimate of drug-likeness (QED) is 0.673. The fourth-order valence-corrected chi connectivity index (χ4v) is 3.65. The molecule has 0 atom stereocenters. The van der Waals surface area contributed by atoms with Gasteiger partial charge in [-0.1, -0.05) is 12.1 Å². The molecule has 0 radical (unpaired) electrons. The number of fused-ring (bicyclic) bond motifs is 1. The van der Waals surface area contributed by atoms with Crippen molar-refractivity contribution in [3.05, 3.63) is 70.3 Å². The molecule has 0 spiro atoms. The summed E-state index contributed by atoms with van der Waals surface area (Å²) in [7, 11) is 1.38. The van der Waals surface area contributed by atoms with Gasteiger partial charge < -0.3 is 10.2 Å². The van der Waals surface area contributed by atoms with Gasteiger partial charge in [0.2, 0.25) is 0 Å². The summed E-state index contributed by atoms with van der Waals surface area (Å²) in [6.07, 6.45) is -2.84. The lowest BCUT2D eigenvalue weighted by atomic mass is 10.0. The van der Waals surface area contributed by atoms with Gasteiger partial charge in [0, 0.05) is 30.8 Å². The molecule has 1 aliphatic carbocycles. The molecule has 2 aromatic rings. The van der Waals surface area contributed by atoms with Crippen LogP contribution in [0, 0.1) is 0 Å². The first-order chi connectivity index (χ1) is 15.5. The van der Waals surface area contributed by atoms with Gasteiger partial charge in [0.05, 0.1) is 11.1 Å². The molecule has 4 rings (SSSR count). The van der Waals surface area contributed by atoms with Crippen molar-refractivity contribution in [2.24, 2.45) is 0 Å². The lowest BCUT2D eigenvalue weighted by Crippen LogP contribution is -2.34. The van der Waals surface area contributed by atoms with Gasteiger partial charge in [0.15, 0.2) is 0 Å². The number of hydrogen-bond donors (Lipinski definition) is 1. The van der Waals surface area contributed by atoms with Crippen LogP contribution >= 0.6 is 0 Å². The zero-order valence-electron chi connectivity index (χ0n) is 17.6. The van der Waals surface area contributed by atoms with Gasteiger partial charge in [0.1, 0.15) is 6.54 Å². The molecule has 1 fully saturated rings. The summed E-state index contributed by atoms with van der Waals surface area (Å²) < 4.78 is 36.8. The number of carbonyl (C=O) groups excluding carboxylic acids is 4. The van der Waals surface area contributed by atoms with Crippen molar-refractivity contribution in [1.82, 2.24) is 15.1 Å². The second kappa shape index (κ2) is 8.34. The van der Waals surface area contributed by atoms with Gasteiger partial charge in [0.25, 0.3) is 23.6 Å². The molecular weight excluding hydrogens is 439 g/mol. The molecule has 0 unspecified atom stereocenters. The molecule has 1 saturated carbocycles. The predicted octanol–water partition coefficient (Wildman–Crippen LogP) is 3.01. The standard InChI is InChI=1S/C23H20F3N3O4/c1-28-21(32)17-9-6-15(10-18(17)22(28)33)20(31)29(16-7-8-16)11-13-2-4-14(5-3-13)19(30)27-12-23(24,25)26/h2-6,9-10,16H,7-8,11-12H2,1H3,(H,27,30). The number of halogens is 3. The lowest BCUT2D eigenvalue weighted by Gasteiger charge is -2.23. The summed E-state index contributed by atoms with van der Waals surface area (Å²) in [5.74, 6) is -1.99. The Morgan fingerprint density at radius 3 is 2.21 bits per heavy atom. The molecular formula is C23H20F3N3O4. The maximum Gasteiger partial charge on any atom is 0.405 e. The van der Waals surface area contributed by atoms with Crippen molar-refractivity contribution in [2.45, 2.75) is 31.6 Å². The monoisotopic (exact) mass is 459 g/mol. The smallest absolute Gasteiger partial charge is 0.343 e. The number of amides is 4. The third-order valence-electron chi connectivity index (χ3n) is 5.60. The molecule has 1 N–H and O–H groups in total. The number of rotatable bonds is 6. The van der Waals surface area contributed by atoms with Crippen molar-refractivity contribution < 1.29 is 32.3 Å². The zero-order chi connectivity index (χ0) is 23.9. The van der Waals surface area contributed by atoms with E-state index >= 15 is 0 Å². The number of imide groups is 1. The minimum atomic E-state index is -4.49. The number of nitrogens with zero attached hydrogens (tertiary/aromatic N) is 2. The number of nitrogens with one attached hydrogen (secondary N) is 1. The molecule has 1 heterocycles. The van der Waals surface area contributed by atoms with Gasteiger partial charge in [-0.25, -0.2) is 0 Å². The Kier molecular flexibility index (Phi) is 5.69. The maximum absolute atomic E-state index is 13.2. The van der Waals surface area contributed by atoms with Gasteiger partial charge in [-0.05, 0) is 48.7 Å². The van der Waals surface area contributed by atoms with E-state index in [1.807, 2.05) is 5.32 Å². The third-order valence-corrected chi connectivity index (χ3v) is 5.60. The molecule has 172 valence electrons. The van der Waals surface area contributed by atoms with Crippen LogP contribution in [-0.2, 0) is 6.54 Å². The van der Waals surface area contributed by atoms with Crippen LogP contribution in [0.5, 0.6) is 0 Å². The van der Waals surface area contributed by atoms with Crippen LogP contribution in [0.25, 0.3) is 0 Å². The van der Waals surface area contributed by atoms with Gasteiger partial charge in [-0.15, -0.1) is 0 Å². The van der Waals surface area contributed by atoms with Gasteiger partial charge in [-0.2, -0.15) is 13.2 Å². The van der Waals surface area contributed by atoms with Crippen LogP contribution in [0.3, 0.4) is 0 Å². The van der Waals surface area contributed by atoms with Crippen molar-refractivity contribution in [3.8, 4) is 0 Å². The highest BCUT2D eigenvalue weighted by molar-refractivity contribution is 6.21. The Morgan fingerprint density at radius 1 is 1.00 bits per heavy atom. The molecule has 1 aliphatic heterocycles. The molecule has 2 aliphatic rings. The third kappa shape index (κ3) is 4.74. The Bertz CT molecular complexity index is 1140. The Labute approximate surface area is 187 Å². The normalized spacial score (nSPS) is 15.5. The largest absolute Gasteiger partial charge is 0.405 e. The van der Waals surface area contributed by atoms with Crippen molar-refractivity contribution in [2.75, 3.05) is 13.6 Å². The van der Waals surface area contributed by atoms with Gasteiger partial charge in [-0.3, -0.25) is 24.1 Å². The van der Waals surface area contributed by atoms with Crippen LogP contribution in [0.15, 0.2) is 42.5 Å². The van der Waals surface area contributed by atoms with E-state index in [1.54, 1.807) is 17.0 Å². The van der Waals surface area contributed by atoms with E-state index in [9.17, 15) is 32.3 Å².